The maximum absolute atomic E-state index is 13.5. The summed E-state index contributed by atoms with van der Waals surface area (Å²) in [5, 5.41) is 14.3. The van der Waals surface area contributed by atoms with Gasteiger partial charge in [0.05, 0.1) is 24.1 Å². The first-order valence-electron chi connectivity index (χ1n) is 14.4. The molecule has 0 bridgehead atoms. The van der Waals surface area contributed by atoms with E-state index in [0.717, 1.165) is 54.6 Å². The van der Waals surface area contributed by atoms with Crippen molar-refractivity contribution in [2.24, 2.45) is 0 Å². The zero-order chi connectivity index (χ0) is 28.1. The van der Waals surface area contributed by atoms with E-state index in [1.165, 1.54) is 27.7 Å². The fourth-order valence-electron chi connectivity index (χ4n) is 5.82. The van der Waals surface area contributed by atoms with Crippen molar-refractivity contribution in [2.45, 2.75) is 64.8 Å². The Hall–Kier alpha value is -3.96. The van der Waals surface area contributed by atoms with Crippen LogP contribution in [0.5, 0.6) is 0 Å². The third-order valence-electron chi connectivity index (χ3n) is 7.88. The van der Waals surface area contributed by atoms with Gasteiger partial charge in [-0.15, -0.1) is 0 Å². The standard InChI is InChI=1S/C35H39N3O2/c1-4-5-7-14-29(35(40)37-32(23-39)28-12-8-6-9-13-28)27-19-17-26(18-20-27)22-31-30-15-10-11-16-33(30)38-25(3)21-24(2)36-34(31)38/h6,8-13,15-21,29,32,39H,4-5,7,14,22-23H2,1-3H3,(H,37,40)/t29-,32-/m0/s1. The average molecular weight is 534 g/mol. The normalized spacial score (nSPS) is 13.0. The monoisotopic (exact) mass is 533 g/mol. The molecule has 40 heavy (non-hydrogen) atoms. The molecule has 0 saturated carbocycles. The molecule has 0 saturated heterocycles. The lowest BCUT2D eigenvalue weighted by atomic mass is 9.90. The number of carbonyl (C=O) groups is 1. The SMILES string of the molecule is CCCCC[C@H](C(=O)N[C@@H](CO)c1ccccc1)c1ccc(Cc2c3ccccc3n3c(C)cc(C)nc23)cc1. The van der Waals surface area contributed by atoms with Crippen LogP contribution >= 0.6 is 0 Å². The van der Waals surface area contributed by atoms with E-state index in [1.54, 1.807) is 0 Å². The topological polar surface area (TPSA) is 66.6 Å². The summed E-state index contributed by atoms with van der Waals surface area (Å²) in [7, 11) is 0. The summed E-state index contributed by atoms with van der Waals surface area (Å²) in [4.78, 5) is 18.5. The molecule has 0 fully saturated rings. The van der Waals surface area contributed by atoms with E-state index >= 15 is 0 Å². The largest absolute Gasteiger partial charge is 0.394 e. The number of carbonyl (C=O) groups excluding carboxylic acids is 1. The van der Waals surface area contributed by atoms with Gasteiger partial charge in [-0.05, 0) is 49.1 Å². The number of amides is 1. The lowest BCUT2D eigenvalue weighted by molar-refractivity contribution is -0.123. The summed E-state index contributed by atoms with van der Waals surface area (Å²) in [6, 6.07) is 28.4. The Bertz CT molecular complexity index is 1590. The molecule has 0 spiro atoms. The number of rotatable bonds is 11. The van der Waals surface area contributed by atoms with Crippen LogP contribution in [-0.4, -0.2) is 27.0 Å². The molecular weight excluding hydrogens is 494 g/mol. The highest BCUT2D eigenvalue weighted by Gasteiger charge is 2.24. The number of aliphatic hydroxyl groups is 1. The fourth-order valence-corrected chi connectivity index (χ4v) is 5.82. The molecule has 0 aliphatic heterocycles. The minimum Gasteiger partial charge on any atom is -0.394 e. The maximum Gasteiger partial charge on any atom is 0.228 e. The molecule has 3 aromatic carbocycles. The van der Waals surface area contributed by atoms with Crippen molar-refractivity contribution in [1.82, 2.24) is 14.7 Å². The number of hydrogen-bond acceptors (Lipinski definition) is 3. The molecule has 2 heterocycles. The summed E-state index contributed by atoms with van der Waals surface area (Å²) in [5.41, 5.74) is 8.72. The Kier molecular flexibility index (Phi) is 8.61. The molecule has 5 heteroatoms. The Labute approximate surface area is 236 Å². The zero-order valence-electron chi connectivity index (χ0n) is 23.7. The molecule has 5 rings (SSSR count). The number of para-hydroxylation sites is 1. The Morgan fingerprint density at radius 2 is 1.65 bits per heavy atom. The fraction of sp³-hybridized carbons (Fsp3) is 0.314. The summed E-state index contributed by atoms with van der Waals surface area (Å²) in [6.07, 6.45) is 4.72. The van der Waals surface area contributed by atoms with E-state index in [1.807, 2.05) is 37.3 Å². The summed E-state index contributed by atoms with van der Waals surface area (Å²) >= 11 is 0. The maximum atomic E-state index is 13.5. The third-order valence-corrected chi connectivity index (χ3v) is 7.88. The zero-order valence-corrected chi connectivity index (χ0v) is 23.7. The van der Waals surface area contributed by atoms with Crippen LogP contribution in [0.1, 0.15) is 78.2 Å². The molecule has 2 atom stereocenters. The van der Waals surface area contributed by atoms with Crippen LogP contribution in [0.2, 0.25) is 0 Å². The van der Waals surface area contributed by atoms with Crippen LogP contribution in [0.15, 0.2) is 84.9 Å². The molecule has 5 nitrogen and oxygen atoms in total. The molecule has 0 radical (unpaired) electrons. The molecule has 0 unspecified atom stereocenters. The highest BCUT2D eigenvalue weighted by Crippen LogP contribution is 2.30. The van der Waals surface area contributed by atoms with Gasteiger partial charge in [0.25, 0.3) is 0 Å². The van der Waals surface area contributed by atoms with E-state index in [-0.39, 0.29) is 18.4 Å². The van der Waals surface area contributed by atoms with Crippen LogP contribution in [0.25, 0.3) is 16.6 Å². The van der Waals surface area contributed by atoms with E-state index in [9.17, 15) is 9.90 Å². The van der Waals surface area contributed by atoms with Gasteiger partial charge in [0, 0.05) is 28.8 Å². The predicted octanol–water partition coefficient (Wildman–Crippen LogP) is 7.21. The van der Waals surface area contributed by atoms with Gasteiger partial charge < -0.3 is 10.4 Å². The van der Waals surface area contributed by atoms with Gasteiger partial charge in [-0.3, -0.25) is 9.20 Å². The number of aliphatic hydroxyl groups excluding tert-OH is 1. The van der Waals surface area contributed by atoms with Crippen LogP contribution in [0, 0.1) is 13.8 Å². The van der Waals surface area contributed by atoms with Gasteiger partial charge >= 0.3 is 0 Å². The molecule has 2 aromatic heterocycles. The number of aromatic nitrogens is 2. The van der Waals surface area contributed by atoms with Crippen LogP contribution in [-0.2, 0) is 11.2 Å². The number of unbranched alkanes of at least 4 members (excludes halogenated alkanes) is 2. The van der Waals surface area contributed by atoms with Crippen molar-refractivity contribution in [1.29, 1.82) is 0 Å². The van der Waals surface area contributed by atoms with Gasteiger partial charge in [-0.25, -0.2) is 4.98 Å². The second kappa shape index (κ2) is 12.5. The van der Waals surface area contributed by atoms with Crippen LogP contribution in [0.3, 0.4) is 0 Å². The Morgan fingerprint density at radius 1 is 0.925 bits per heavy atom. The van der Waals surface area contributed by atoms with Crippen molar-refractivity contribution >= 4 is 22.5 Å². The van der Waals surface area contributed by atoms with E-state index in [4.69, 9.17) is 4.98 Å². The summed E-state index contributed by atoms with van der Waals surface area (Å²) < 4.78 is 2.25. The van der Waals surface area contributed by atoms with Gasteiger partial charge in [-0.2, -0.15) is 0 Å². The minimum atomic E-state index is -0.419. The van der Waals surface area contributed by atoms with Crippen molar-refractivity contribution in [3.8, 4) is 0 Å². The average Bonchev–Trinajstić information content (AvgIpc) is 3.28. The molecule has 1 amide bonds. The molecule has 2 N–H and O–H groups in total. The van der Waals surface area contributed by atoms with Crippen molar-refractivity contribution in [3.63, 3.8) is 0 Å². The first-order chi connectivity index (χ1) is 19.5. The van der Waals surface area contributed by atoms with E-state index < -0.39 is 6.04 Å². The first-order valence-corrected chi connectivity index (χ1v) is 14.4. The lowest BCUT2D eigenvalue weighted by Gasteiger charge is -2.22. The molecule has 206 valence electrons. The molecule has 0 aliphatic rings. The highest BCUT2D eigenvalue weighted by molar-refractivity contribution is 5.91. The quantitative estimate of drug-likeness (QED) is 0.176. The van der Waals surface area contributed by atoms with Gasteiger partial charge in [0.15, 0.2) is 0 Å². The van der Waals surface area contributed by atoms with Gasteiger partial charge in [-0.1, -0.05) is 99.0 Å². The van der Waals surface area contributed by atoms with E-state index in [0.29, 0.717) is 0 Å². The minimum absolute atomic E-state index is 0.0358. The third kappa shape index (κ3) is 5.80. The first kappa shape index (κ1) is 27.6. The predicted molar refractivity (Wildman–Crippen MR) is 163 cm³/mol. The van der Waals surface area contributed by atoms with Crippen LogP contribution < -0.4 is 5.32 Å². The van der Waals surface area contributed by atoms with Crippen molar-refractivity contribution in [2.75, 3.05) is 6.61 Å². The number of nitrogens with one attached hydrogen (secondary N) is 1. The smallest absolute Gasteiger partial charge is 0.228 e. The Balaban J connectivity index is 1.42. The second-order valence-electron chi connectivity index (χ2n) is 10.8. The van der Waals surface area contributed by atoms with Crippen molar-refractivity contribution in [3.05, 3.63) is 119 Å². The Morgan fingerprint density at radius 3 is 2.38 bits per heavy atom. The molecular formula is C35H39N3O2. The van der Waals surface area contributed by atoms with Crippen molar-refractivity contribution < 1.29 is 9.90 Å². The summed E-state index contributed by atoms with van der Waals surface area (Å²) in [5.74, 6) is -0.298. The summed E-state index contributed by atoms with van der Waals surface area (Å²) in [6.45, 7) is 6.22. The highest BCUT2D eigenvalue weighted by atomic mass is 16.3. The molecule has 0 aliphatic carbocycles. The van der Waals surface area contributed by atoms with E-state index in [2.05, 4.69) is 78.2 Å². The lowest BCUT2D eigenvalue weighted by Crippen LogP contribution is -2.34. The van der Waals surface area contributed by atoms with Crippen LogP contribution in [0.4, 0.5) is 0 Å². The number of hydrogen-bond donors (Lipinski definition) is 2. The number of fused-ring (bicyclic) bond motifs is 3. The van der Waals surface area contributed by atoms with Gasteiger partial charge in [0.2, 0.25) is 5.91 Å². The van der Waals surface area contributed by atoms with Gasteiger partial charge in [0.1, 0.15) is 5.65 Å². The second-order valence-corrected chi connectivity index (χ2v) is 10.8. The number of benzene rings is 3. The molecule has 5 aromatic rings. The number of nitrogens with zero attached hydrogens (tertiary/aromatic N) is 2. The number of aryl methyl sites for hydroxylation is 2.